The number of benzene rings is 2. The molecule has 1 saturated carbocycles. The molecule has 0 saturated heterocycles. The van der Waals surface area contributed by atoms with Crippen LogP contribution in [0.5, 0.6) is 0 Å². The Morgan fingerprint density at radius 3 is 2.61 bits per heavy atom. The highest BCUT2D eigenvalue weighted by Crippen LogP contribution is 2.27. The van der Waals surface area contributed by atoms with E-state index in [1.165, 1.54) is 6.07 Å². The molecule has 3 rings (SSSR count). The molecule has 2 aromatic rings. The number of carbonyl (C=O) groups excluding carboxylic acids is 1. The van der Waals surface area contributed by atoms with Crippen LogP contribution in [0.25, 0.3) is 0 Å². The lowest BCUT2D eigenvalue weighted by molar-refractivity contribution is -0.122. The molecular formula is C22H27FN4O. The van der Waals surface area contributed by atoms with Gasteiger partial charge in [0.15, 0.2) is 5.96 Å². The molecule has 1 aliphatic rings. The van der Waals surface area contributed by atoms with E-state index in [9.17, 15) is 9.18 Å². The number of amides is 1. The van der Waals surface area contributed by atoms with Crippen LogP contribution in [0.2, 0.25) is 0 Å². The molecule has 0 spiro atoms. The van der Waals surface area contributed by atoms with Crippen molar-refractivity contribution >= 4 is 17.6 Å². The van der Waals surface area contributed by atoms with Gasteiger partial charge in [-0.2, -0.15) is 0 Å². The van der Waals surface area contributed by atoms with E-state index in [0.717, 1.165) is 36.1 Å². The molecule has 1 amide bonds. The number of hydrogen-bond donors (Lipinski definition) is 3. The second-order valence-electron chi connectivity index (χ2n) is 7.05. The first kappa shape index (κ1) is 19.9. The van der Waals surface area contributed by atoms with Gasteiger partial charge in [0.25, 0.3) is 0 Å². The first-order valence-corrected chi connectivity index (χ1v) is 9.73. The normalized spacial score (nSPS) is 14.3. The smallest absolute Gasteiger partial charge is 0.227 e. The summed E-state index contributed by atoms with van der Waals surface area (Å²) in [5.74, 6) is 0.749. The van der Waals surface area contributed by atoms with Gasteiger partial charge in [0, 0.05) is 31.7 Å². The molecule has 0 aliphatic heterocycles. The van der Waals surface area contributed by atoms with Crippen molar-refractivity contribution in [3.8, 4) is 0 Å². The fraction of sp³-hybridized carbons (Fsp3) is 0.364. The van der Waals surface area contributed by atoms with Crippen molar-refractivity contribution in [1.82, 2.24) is 10.6 Å². The van der Waals surface area contributed by atoms with Crippen LogP contribution in [0.15, 0.2) is 53.5 Å². The first-order chi connectivity index (χ1) is 13.6. The summed E-state index contributed by atoms with van der Waals surface area (Å²) < 4.78 is 13.2. The Hall–Kier alpha value is -2.89. The second-order valence-corrected chi connectivity index (χ2v) is 7.05. The largest absolute Gasteiger partial charge is 0.356 e. The third-order valence-corrected chi connectivity index (χ3v) is 4.95. The van der Waals surface area contributed by atoms with Crippen molar-refractivity contribution in [3.63, 3.8) is 0 Å². The Labute approximate surface area is 165 Å². The summed E-state index contributed by atoms with van der Waals surface area (Å²) in [5.41, 5.74) is 2.82. The van der Waals surface area contributed by atoms with Crippen molar-refractivity contribution in [1.29, 1.82) is 0 Å². The Bertz CT molecular complexity index is 833. The van der Waals surface area contributed by atoms with Crippen molar-refractivity contribution in [3.05, 3.63) is 65.5 Å². The fourth-order valence-corrected chi connectivity index (χ4v) is 3.10. The minimum Gasteiger partial charge on any atom is -0.356 e. The van der Waals surface area contributed by atoms with E-state index >= 15 is 0 Å². The first-order valence-electron chi connectivity index (χ1n) is 9.73. The summed E-state index contributed by atoms with van der Waals surface area (Å²) in [6.45, 7) is 1.24. The highest BCUT2D eigenvalue weighted by atomic mass is 19.1. The lowest BCUT2D eigenvalue weighted by Gasteiger charge is -2.24. The molecule has 0 radical (unpaired) electrons. The third kappa shape index (κ3) is 5.81. The third-order valence-electron chi connectivity index (χ3n) is 4.95. The number of nitrogens with one attached hydrogen (secondary N) is 3. The standard InChI is InChI=1S/C22H27FN4O/c1-24-22(25-12-11-16-5-2-9-19(23)13-16)26-15-17-6-3-10-20(14-17)27-21(28)18-7-4-8-18/h2-3,5-6,9-10,13-14,18H,4,7-8,11-12,15H2,1H3,(H,27,28)(H2,24,25,26). The molecule has 1 aliphatic carbocycles. The predicted molar refractivity (Wildman–Crippen MR) is 111 cm³/mol. The maximum Gasteiger partial charge on any atom is 0.227 e. The van der Waals surface area contributed by atoms with Crippen molar-refractivity contribution in [2.45, 2.75) is 32.2 Å². The van der Waals surface area contributed by atoms with Crippen LogP contribution < -0.4 is 16.0 Å². The number of halogens is 1. The topological polar surface area (TPSA) is 65.5 Å². The van der Waals surface area contributed by atoms with Crippen LogP contribution >= 0.6 is 0 Å². The molecule has 3 N–H and O–H groups in total. The van der Waals surface area contributed by atoms with E-state index in [1.54, 1.807) is 19.2 Å². The fourth-order valence-electron chi connectivity index (χ4n) is 3.10. The lowest BCUT2D eigenvalue weighted by atomic mass is 9.85. The van der Waals surface area contributed by atoms with Crippen LogP contribution in [-0.4, -0.2) is 25.5 Å². The Morgan fingerprint density at radius 1 is 1.11 bits per heavy atom. The zero-order valence-corrected chi connectivity index (χ0v) is 16.2. The van der Waals surface area contributed by atoms with E-state index in [-0.39, 0.29) is 17.6 Å². The quantitative estimate of drug-likeness (QED) is 0.507. The van der Waals surface area contributed by atoms with Gasteiger partial charge in [-0.25, -0.2) is 4.39 Å². The number of hydrogen-bond acceptors (Lipinski definition) is 2. The number of rotatable bonds is 7. The number of carbonyl (C=O) groups is 1. The van der Waals surface area contributed by atoms with E-state index in [1.807, 2.05) is 30.3 Å². The minimum atomic E-state index is -0.218. The Kier molecular flexibility index (Phi) is 7.00. The van der Waals surface area contributed by atoms with Gasteiger partial charge in [-0.15, -0.1) is 0 Å². The summed E-state index contributed by atoms with van der Waals surface area (Å²) in [6.07, 6.45) is 3.84. The van der Waals surface area contributed by atoms with Gasteiger partial charge < -0.3 is 16.0 Å². The molecule has 2 aromatic carbocycles. The SMILES string of the molecule is CN=C(NCCc1cccc(F)c1)NCc1cccc(NC(=O)C2CCC2)c1. The van der Waals surface area contributed by atoms with Crippen LogP contribution in [0.3, 0.4) is 0 Å². The van der Waals surface area contributed by atoms with Crippen molar-refractivity contribution < 1.29 is 9.18 Å². The summed E-state index contributed by atoms with van der Waals surface area (Å²) in [5, 5.41) is 9.49. The zero-order chi connectivity index (χ0) is 19.8. The Morgan fingerprint density at radius 2 is 1.89 bits per heavy atom. The minimum absolute atomic E-state index is 0.117. The lowest BCUT2D eigenvalue weighted by Crippen LogP contribution is -2.37. The molecule has 5 nitrogen and oxygen atoms in total. The van der Waals surface area contributed by atoms with Gasteiger partial charge >= 0.3 is 0 Å². The van der Waals surface area contributed by atoms with Gasteiger partial charge in [-0.05, 0) is 54.7 Å². The van der Waals surface area contributed by atoms with Crippen LogP contribution in [-0.2, 0) is 17.8 Å². The van der Waals surface area contributed by atoms with Crippen LogP contribution in [0.1, 0.15) is 30.4 Å². The van der Waals surface area contributed by atoms with Gasteiger partial charge in [-0.3, -0.25) is 9.79 Å². The van der Waals surface area contributed by atoms with Crippen molar-refractivity contribution in [2.75, 3.05) is 18.9 Å². The average molecular weight is 382 g/mol. The maximum absolute atomic E-state index is 13.2. The summed E-state index contributed by atoms with van der Waals surface area (Å²) in [7, 11) is 1.72. The Balaban J connectivity index is 1.45. The molecule has 6 heteroatoms. The van der Waals surface area contributed by atoms with Gasteiger partial charge in [0.2, 0.25) is 5.91 Å². The summed E-state index contributed by atoms with van der Waals surface area (Å²) >= 11 is 0. The molecule has 1 fully saturated rings. The second kappa shape index (κ2) is 9.88. The van der Waals surface area contributed by atoms with E-state index in [0.29, 0.717) is 25.5 Å². The number of anilines is 1. The van der Waals surface area contributed by atoms with E-state index in [4.69, 9.17) is 0 Å². The van der Waals surface area contributed by atoms with E-state index in [2.05, 4.69) is 20.9 Å². The number of aliphatic imine (C=N–C) groups is 1. The molecule has 0 aromatic heterocycles. The molecule has 148 valence electrons. The molecule has 0 heterocycles. The van der Waals surface area contributed by atoms with Gasteiger partial charge in [0.05, 0.1) is 0 Å². The maximum atomic E-state index is 13.2. The van der Waals surface area contributed by atoms with Gasteiger partial charge in [-0.1, -0.05) is 30.7 Å². The van der Waals surface area contributed by atoms with E-state index < -0.39 is 0 Å². The van der Waals surface area contributed by atoms with Gasteiger partial charge in [0.1, 0.15) is 5.82 Å². The highest BCUT2D eigenvalue weighted by molar-refractivity contribution is 5.93. The monoisotopic (exact) mass is 382 g/mol. The number of guanidine groups is 1. The molecule has 28 heavy (non-hydrogen) atoms. The molecule has 0 unspecified atom stereocenters. The molecular weight excluding hydrogens is 355 g/mol. The van der Waals surface area contributed by atoms with Crippen molar-refractivity contribution in [2.24, 2.45) is 10.9 Å². The number of nitrogens with zero attached hydrogens (tertiary/aromatic N) is 1. The zero-order valence-electron chi connectivity index (χ0n) is 16.2. The molecule has 0 atom stereocenters. The van der Waals surface area contributed by atoms with Crippen LogP contribution in [0, 0.1) is 11.7 Å². The summed E-state index contributed by atoms with van der Waals surface area (Å²) in [6, 6.07) is 14.4. The van der Waals surface area contributed by atoms with Crippen LogP contribution in [0.4, 0.5) is 10.1 Å². The summed E-state index contributed by atoms with van der Waals surface area (Å²) in [4.78, 5) is 16.3. The predicted octanol–water partition coefficient (Wildman–Crippen LogP) is 3.47. The highest BCUT2D eigenvalue weighted by Gasteiger charge is 2.25. The average Bonchev–Trinajstić information content (AvgIpc) is 2.63. The molecule has 0 bridgehead atoms.